The van der Waals surface area contributed by atoms with Crippen molar-refractivity contribution in [1.82, 2.24) is 14.8 Å². The first-order chi connectivity index (χ1) is 8.24. The summed E-state index contributed by atoms with van der Waals surface area (Å²) >= 11 is 0. The van der Waals surface area contributed by atoms with Crippen molar-refractivity contribution >= 4 is 16.8 Å². The van der Waals surface area contributed by atoms with E-state index < -0.39 is 5.91 Å². The highest BCUT2D eigenvalue weighted by molar-refractivity contribution is 5.90. The summed E-state index contributed by atoms with van der Waals surface area (Å²) in [6.45, 7) is 0. The van der Waals surface area contributed by atoms with Crippen molar-refractivity contribution in [3.8, 4) is 5.69 Å². The second kappa shape index (κ2) is 3.48. The number of fused-ring (bicyclic) bond motifs is 1. The standard InChI is InChI=1S/C12H10N4O/c13-12(17)11-4-6-16(15-11)9-1-2-10-8(7-9)3-5-14-10/h1-7,14H,(H2,13,17). The lowest BCUT2D eigenvalue weighted by molar-refractivity contribution is 0.0995. The van der Waals surface area contributed by atoms with E-state index in [0.29, 0.717) is 0 Å². The third kappa shape index (κ3) is 1.57. The van der Waals surface area contributed by atoms with Gasteiger partial charge < -0.3 is 10.7 Å². The fourth-order valence-electron chi connectivity index (χ4n) is 1.78. The number of H-pyrrole nitrogens is 1. The first kappa shape index (κ1) is 9.65. The van der Waals surface area contributed by atoms with Gasteiger partial charge in [-0.2, -0.15) is 5.10 Å². The molecule has 3 rings (SSSR count). The van der Waals surface area contributed by atoms with E-state index in [9.17, 15) is 4.79 Å². The van der Waals surface area contributed by atoms with E-state index in [0.717, 1.165) is 16.6 Å². The summed E-state index contributed by atoms with van der Waals surface area (Å²) in [5.74, 6) is -0.522. The Balaban J connectivity index is 2.09. The molecule has 84 valence electrons. The smallest absolute Gasteiger partial charge is 0.269 e. The lowest BCUT2D eigenvalue weighted by atomic mass is 10.2. The minimum Gasteiger partial charge on any atom is -0.364 e. The number of hydrogen-bond donors (Lipinski definition) is 2. The highest BCUT2D eigenvalue weighted by atomic mass is 16.1. The Labute approximate surface area is 96.9 Å². The molecule has 0 aliphatic heterocycles. The zero-order chi connectivity index (χ0) is 11.8. The Morgan fingerprint density at radius 3 is 2.94 bits per heavy atom. The maximum absolute atomic E-state index is 11.0. The third-order valence-electron chi connectivity index (χ3n) is 2.64. The van der Waals surface area contributed by atoms with Crippen molar-refractivity contribution in [3.63, 3.8) is 0 Å². The Bertz CT molecular complexity index is 695. The summed E-state index contributed by atoms with van der Waals surface area (Å²) in [5, 5.41) is 5.20. The molecular formula is C12H10N4O. The minimum absolute atomic E-state index is 0.263. The van der Waals surface area contributed by atoms with E-state index in [1.165, 1.54) is 0 Å². The van der Waals surface area contributed by atoms with Gasteiger partial charge >= 0.3 is 0 Å². The van der Waals surface area contributed by atoms with Crippen LogP contribution in [0, 0.1) is 0 Å². The van der Waals surface area contributed by atoms with Gasteiger partial charge in [0.2, 0.25) is 0 Å². The third-order valence-corrected chi connectivity index (χ3v) is 2.64. The topological polar surface area (TPSA) is 76.7 Å². The summed E-state index contributed by atoms with van der Waals surface area (Å²) in [6, 6.07) is 9.47. The zero-order valence-electron chi connectivity index (χ0n) is 8.92. The van der Waals surface area contributed by atoms with E-state index >= 15 is 0 Å². The van der Waals surface area contributed by atoms with Gasteiger partial charge in [0, 0.05) is 23.3 Å². The van der Waals surface area contributed by atoms with Crippen LogP contribution in [0.4, 0.5) is 0 Å². The van der Waals surface area contributed by atoms with Crippen LogP contribution in [0.2, 0.25) is 0 Å². The highest BCUT2D eigenvalue weighted by Crippen LogP contribution is 2.16. The Kier molecular flexibility index (Phi) is 1.98. The van der Waals surface area contributed by atoms with Crippen LogP contribution in [-0.2, 0) is 0 Å². The number of amides is 1. The maximum Gasteiger partial charge on any atom is 0.269 e. The summed E-state index contributed by atoms with van der Waals surface area (Å²) < 4.78 is 1.63. The van der Waals surface area contributed by atoms with Gasteiger partial charge in [-0.3, -0.25) is 4.79 Å². The van der Waals surface area contributed by atoms with Crippen LogP contribution in [0.15, 0.2) is 42.7 Å². The minimum atomic E-state index is -0.522. The van der Waals surface area contributed by atoms with Gasteiger partial charge in [0.25, 0.3) is 5.91 Å². The van der Waals surface area contributed by atoms with Gasteiger partial charge in [-0.05, 0) is 30.3 Å². The highest BCUT2D eigenvalue weighted by Gasteiger charge is 2.06. The first-order valence-corrected chi connectivity index (χ1v) is 5.17. The van der Waals surface area contributed by atoms with Crippen LogP contribution in [0.5, 0.6) is 0 Å². The van der Waals surface area contributed by atoms with Gasteiger partial charge in [0.15, 0.2) is 0 Å². The fraction of sp³-hybridized carbons (Fsp3) is 0. The molecule has 1 amide bonds. The number of benzene rings is 1. The number of aromatic nitrogens is 3. The molecule has 2 aromatic heterocycles. The van der Waals surface area contributed by atoms with Crippen molar-refractivity contribution in [2.24, 2.45) is 5.73 Å². The largest absolute Gasteiger partial charge is 0.364 e. The van der Waals surface area contributed by atoms with E-state index in [-0.39, 0.29) is 5.69 Å². The number of hydrogen-bond acceptors (Lipinski definition) is 2. The van der Waals surface area contributed by atoms with Crippen molar-refractivity contribution in [1.29, 1.82) is 0 Å². The van der Waals surface area contributed by atoms with Crippen molar-refractivity contribution < 1.29 is 4.79 Å². The number of primary amides is 1. The maximum atomic E-state index is 11.0. The molecule has 1 aromatic carbocycles. The van der Waals surface area contributed by atoms with E-state index in [2.05, 4.69) is 10.1 Å². The van der Waals surface area contributed by atoms with Crippen molar-refractivity contribution in [2.45, 2.75) is 0 Å². The van der Waals surface area contributed by atoms with Crippen LogP contribution in [0.25, 0.3) is 16.6 Å². The molecule has 0 atom stereocenters. The lowest BCUT2D eigenvalue weighted by Crippen LogP contribution is -2.12. The fourth-order valence-corrected chi connectivity index (χ4v) is 1.78. The summed E-state index contributed by atoms with van der Waals surface area (Å²) in [7, 11) is 0. The van der Waals surface area contributed by atoms with Gasteiger partial charge in [0.1, 0.15) is 5.69 Å². The molecule has 3 N–H and O–H groups in total. The molecule has 0 unspecified atom stereocenters. The monoisotopic (exact) mass is 226 g/mol. The Morgan fingerprint density at radius 1 is 1.29 bits per heavy atom. The molecule has 0 saturated carbocycles. The number of carbonyl (C=O) groups excluding carboxylic acids is 1. The molecule has 17 heavy (non-hydrogen) atoms. The van der Waals surface area contributed by atoms with Crippen LogP contribution in [0.3, 0.4) is 0 Å². The molecule has 5 nitrogen and oxygen atoms in total. The summed E-state index contributed by atoms with van der Waals surface area (Å²) in [6.07, 6.45) is 3.60. The normalized spacial score (nSPS) is 10.8. The van der Waals surface area contributed by atoms with Crippen LogP contribution >= 0.6 is 0 Å². The number of carbonyl (C=O) groups is 1. The first-order valence-electron chi connectivity index (χ1n) is 5.17. The number of nitrogens with one attached hydrogen (secondary N) is 1. The molecule has 0 spiro atoms. The SMILES string of the molecule is NC(=O)c1ccn(-c2ccc3[nH]ccc3c2)n1. The molecule has 0 radical (unpaired) electrons. The molecular weight excluding hydrogens is 216 g/mol. The van der Waals surface area contributed by atoms with E-state index in [4.69, 9.17) is 5.73 Å². The number of rotatable bonds is 2. The van der Waals surface area contributed by atoms with Crippen LogP contribution in [0.1, 0.15) is 10.5 Å². The quantitative estimate of drug-likeness (QED) is 0.693. The second-order valence-corrected chi connectivity index (χ2v) is 3.76. The van der Waals surface area contributed by atoms with Gasteiger partial charge in [-0.1, -0.05) is 0 Å². The van der Waals surface area contributed by atoms with Crippen molar-refractivity contribution in [2.75, 3.05) is 0 Å². The zero-order valence-corrected chi connectivity index (χ0v) is 8.92. The van der Waals surface area contributed by atoms with Crippen molar-refractivity contribution in [3.05, 3.63) is 48.4 Å². The molecule has 0 bridgehead atoms. The van der Waals surface area contributed by atoms with Gasteiger partial charge in [-0.25, -0.2) is 4.68 Å². The molecule has 0 fully saturated rings. The molecule has 5 heteroatoms. The Morgan fingerprint density at radius 2 is 2.18 bits per heavy atom. The molecule has 0 aliphatic rings. The summed E-state index contributed by atoms with van der Waals surface area (Å²) in [4.78, 5) is 14.1. The number of aromatic amines is 1. The van der Waals surface area contributed by atoms with Crippen LogP contribution < -0.4 is 5.73 Å². The summed E-state index contributed by atoms with van der Waals surface area (Å²) in [5.41, 5.74) is 7.38. The van der Waals surface area contributed by atoms with E-state index in [1.807, 2.05) is 30.5 Å². The number of nitrogens with two attached hydrogens (primary N) is 1. The predicted molar refractivity (Wildman–Crippen MR) is 63.9 cm³/mol. The van der Waals surface area contributed by atoms with Gasteiger partial charge in [0.05, 0.1) is 5.69 Å². The predicted octanol–water partition coefficient (Wildman–Crippen LogP) is 1.45. The molecule has 3 aromatic rings. The van der Waals surface area contributed by atoms with E-state index in [1.54, 1.807) is 16.9 Å². The molecule has 0 aliphatic carbocycles. The number of nitrogens with zero attached hydrogens (tertiary/aromatic N) is 2. The average Bonchev–Trinajstić information content (AvgIpc) is 2.97. The molecule has 0 saturated heterocycles. The van der Waals surface area contributed by atoms with Gasteiger partial charge in [-0.15, -0.1) is 0 Å². The average molecular weight is 226 g/mol. The van der Waals surface area contributed by atoms with Crippen LogP contribution in [-0.4, -0.2) is 20.7 Å². The Hall–Kier alpha value is -2.56. The second-order valence-electron chi connectivity index (χ2n) is 3.76. The lowest BCUT2D eigenvalue weighted by Gasteiger charge is -2.00. The molecule has 2 heterocycles.